The lowest BCUT2D eigenvalue weighted by molar-refractivity contribution is -0.227. The number of alkyl halides is 3. The molecule has 1 aliphatic heterocycles. The third-order valence-corrected chi connectivity index (χ3v) is 4.35. The van der Waals surface area contributed by atoms with Gasteiger partial charge in [-0.2, -0.15) is 13.2 Å². The molecule has 0 radical (unpaired) electrons. The maximum absolute atomic E-state index is 13.2. The second kappa shape index (κ2) is 7.94. The molecule has 9 heteroatoms. The number of amides is 1. The number of methoxy groups -OCH3 is 1. The number of carboxylic acid groups (broad SMARTS) is 1. The largest absolute Gasteiger partial charge is 0.493 e. The Bertz CT molecular complexity index is 664. The Balaban J connectivity index is 2.09. The zero-order chi connectivity index (χ0) is 19.4. The number of rotatable bonds is 7. The number of hydrogen-bond acceptors (Lipinski definition) is 4. The number of hydrogen-bond donors (Lipinski definition) is 1. The molecule has 26 heavy (non-hydrogen) atoms. The van der Waals surface area contributed by atoms with E-state index in [1.165, 1.54) is 12.1 Å². The zero-order valence-corrected chi connectivity index (χ0v) is 14.2. The average molecular weight is 375 g/mol. The minimum atomic E-state index is -4.93. The van der Waals surface area contributed by atoms with Gasteiger partial charge in [0, 0.05) is 38.8 Å². The number of halogens is 3. The number of carboxylic acids is 1. The number of aliphatic carboxylic acids is 1. The Morgan fingerprint density at radius 3 is 2.62 bits per heavy atom. The second-order valence-electron chi connectivity index (χ2n) is 6.08. The molecule has 1 unspecified atom stereocenters. The molecule has 1 fully saturated rings. The standard InChI is InChI=1S/C17H20F3NO5/c1-25-8-3-9-26-13-5-2-4-12(10-13)14(22)21-7-6-16(11-21,15(23)24)17(18,19)20/h2,4-5,10H,3,6-9,11H2,1H3,(H,23,24). The summed E-state index contributed by atoms with van der Waals surface area (Å²) in [5.41, 5.74) is -2.77. The van der Waals surface area contributed by atoms with E-state index < -0.39 is 36.4 Å². The van der Waals surface area contributed by atoms with Crippen LogP contribution in [0.25, 0.3) is 0 Å². The SMILES string of the molecule is COCCCOc1cccc(C(=O)N2CCC(C(=O)O)(C(F)(F)F)C2)c1. The van der Waals surface area contributed by atoms with Gasteiger partial charge >= 0.3 is 12.1 Å². The van der Waals surface area contributed by atoms with Crippen LogP contribution >= 0.6 is 0 Å². The lowest BCUT2D eigenvalue weighted by Gasteiger charge is -2.27. The fourth-order valence-corrected chi connectivity index (χ4v) is 2.81. The molecule has 144 valence electrons. The minimum Gasteiger partial charge on any atom is -0.493 e. The molecule has 1 aromatic rings. The number of likely N-dealkylation sites (tertiary alicyclic amines) is 1. The van der Waals surface area contributed by atoms with Crippen molar-refractivity contribution in [3.05, 3.63) is 29.8 Å². The predicted molar refractivity (Wildman–Crippen MR) is 85.1 cm³/mol. The van der Waals surface area contributed by atoms with Crippen molar-refractivity contribution in [2.45, 2.75) is 19.0 Å². The first kappa shape index (κ1) is 20.0. The van der Waals surface area contributed by atoms with Gasteiger partial charge in [-0.25, -0.2) is 0 Å². The van der Waals surface area contributed by atoms with Crippen molar-refractivity contribution in [3.8, 4) is 5.75 Å². The summed E-state index contributed by atoms with van der Waals surface area (Å²) in [5.74, 6) is -2.21. The summed E-state index contributed by atoms with van der Waals surface area (Å²) in [5, 5.41) is 9.07. The van der Waals surface area contributed by atoms with Crippen LogP contribution in [0.15, 0.2) is 24.3 Å². The van der Waals surface area contributed by atoms with Crippen LogP contribution in [-0.4, -0.2) is 61.5 Å². The van der Waals surface area contributed by atoms with E-state index in [4.69, 9.17) is 14.6 Å². The van der Waals surface area contributed by atoms with Gasteiger partial charge in [0.05, 0.1) is 6.61 Å². The first-order chi connectivity index (χ1) is 12.2. The monoisotopic (exact) mass is 375 g/mol. The van der Waals surface area contributed by atoms with Crippen molar-refractivity contribution in [1.82, 2.24) is 4.90 Å². The maximum atomic E-state index is 13.2. The molecule has 0 saturated carbocycles. The molecule has 1 heterocycles. The minimum absolute atomic E-state index is 0.151. The van der Waals surface area contributed by atoms with E-state index in [1.807, 2.05) is 0 Å². The van der Waals surface area contributed by atoms with Crippen LogP contribution in [0.1, 0.15) is 23.2 Å². The topological polar surface area (TPSA) is 76.1 Å². The number of benzene rings is 1. The highest BCUT2D eigenvalue weighted by Crippen LogP contribution is 2.46. The summed E-state index contributed by atoms with van der Waals surface area (Å²) in [4.78, 5) is 24.6. The van der Waals surface area contributed by atoms with Gasteiger partial charge in [-0.1, -0.05) is 6.07 Å². The highest BCUT2D eigenvalue weighted by molar-refractivity contribution is 5.95. The van der Waals surface area contributed by atoms with Crippen molar-refractivity contribution in [2.24, 2.45) is 5.41 Å². The van der Waals surface area contributed by atoms with Crippen LogP contribution in [0.5, 0.6) is 5.75 Å². The fraction of sp³-hybridized carbons (Fsp3) is 0.529. The molecule has 2 rings (SSSR count). The van der Waals surface area contributed by atoms with Gasteiger partial charge in [0.25, 0.3) is 5.91 Å². The van der Waals surface area contributed by atoms with Gasteiger partial charge in [-0.3, -0.25) is 9.59 Å². The molecule has 1 N–H and O–H groups in total. The van der Waals surface area contributed by atoms with Gasteiger partial charge in [0.15, 0.2) is 5.41 Å². The predicted octanol–water partition coefficient (Wildman–Crippen LogP) is 2.58. The summed E-state index contributed by atoms with van der Waals surface area (Å²) < 4.78 is 50.0. The lowest BCUT2D eigenvalue weighted by atomic mass is 9.86. The molecule has 1 atom stereocenters. The van der Waals surface area contributed by atoms with Crippen molar-refractivity contribution < 1.29 is 37.3 Å². The summed E-state index contributed by atoms with van der Waals surface area (Å²) in [7, 11) is 1.56. The van der Waals surface area contributed by atoms with E-state index in [-0.39, 0.29) is 12.1 Å². The molecule has 1 saturated heterocycles. The number of nitrogens with zero attached hydrogens (tertiary/aromatic N) is 1. The lowest BCUT2D eigenvalue weighted by Crippen LogP contribution is -2.47. The van der Waals surface area contributed by atoms with Crippen LogP contribution < -0.4 is 4.74 Å². The summed E-state index contributed by atoms with van der Waals surface area (Å²) in [6.45, 7) is -0.292. The molecule has 0 aromatic heterocycles. The van der Waals surface area contributed by atoms with Crippen molar-refractivity contribution in [3.63, 3.8) is 0 Å². The Morgan fingerprint density at radius 1 is 1.31 bits per heavy atom. The number of ether oxygens (including phenoxy) is 2. The first-order valence-electron chi connectivity index (χ1n) is 8.02. The van der Waals surface area contributed by atoms with Crippen LogP contribution in [0, 0.1) is 5.41 Å². The quantitative estimate of drug-likeness (QED) is 0.742. The molecular formula is C17H20F3NO5. The molecule has 1 aromatic carbocycles. The van der Waals surface area contributed by atoms with Crippen molar-refractivity contribution >= 4 is 11.9 Å². The van der Waals surface area contributed by atoms with E-state index in [0.717, 1.165) is 4.90 Å². The molecule has 1 aliphatic rings. The smallest absolute Gasteiger partial charge is 0.406 e. The highest BCUT2D eigenvalue weighted by Gasteiger charge is 2.64. The molecule has 0 bridgehead atoms. The van der Waals surface area contributed by atoms with Crippen LogP contribution in [-0.2, 0) is 9.53 Å². The van der Waals surface area contributed by atoms with Gasteiger partial charge in [0.1, 0.15) is 5.75 Å². The highest BCUT2D eigenvalue weighted by atomic mass is 19.4. The molecule has 6 nitrogen and oxygen atoms in total. The van der Waals surface area contributed by atoms with Gasteiger partial charge in [-0.05, 0) is 24.6 Å². The number of carbonyl (C=O) groups is 2. The normalized spacial score (nSPS) is 20.2. The van der Waals surface area contributed by atoms with Crippen molar-refractivity contribution in [1.29, 1.82) is 0 Å². The van der Waals surface area contributed by atoms with E-state index in [0.29, 0.717) is 25.4 Å². The third-order valence-electron chi connectivity index (χ3n) is 4.35. The molecule has 0 aliphatic carbocycles. The van der Waals surface area contributed by atoms with Crippen LogP contribution in [0.3, 0.4) is 0 Å². The summed E-state index contributed by atoms with van der Waals surface area (Å²) in [6, 6.07) is 6.08. The summed E-state index contributed by atoms with van der Waals surface area (Å²) in [6.07, 6.45) is -4.95. The molecule has 0 spiro atoms. The molecular weight excluding hydrogens is 355 g/mol. The van der Waals surface area contributed by atoms with Crippen LogP contribution in [0.4, 0.5) is 13.2 Å². The van der Waals surface area contributed by atoms with Crippen molar-refractivity contribution in [2.75, 3.05) is 33.4 Å². The third kappa shape index (κ3) is 4.09. The van der Waals surface area contributed by atoms with E-state index in [9.17, 15) is 22.8 Å². The van der Waals surface area contributed by atoms with E-state index in [1.54, 1.807) is 19.2 Å². The Labute approximate surface area is 148 Å². The first-order valence-corrected chi connectivity index (χ1v) is 8.02. The molecule has 1 amide bonds. The maximum Gasteiger partial charge on any atom is 0.406 e. The van der Waals surface area contributed by atoms with Crippen LogP contribution in [0.2, 0.25) is 0 Å². The van der Waals surface area contributed by atoms with E-state index >= 15 is 0 Å². The Hall–Kier alpha value is -2.29. The summed E-state index contributed by atoms with van der Waals surface area (Å²) >= 11 is 0. The number of carbonyl (C=O) groups excluding carboxylic acids is 1. The Kier molecular flexibility index (Phi) is 6.12. The van der Waals surface area contributed by atoms with Gasteiger partial charge < -0.3 is 19.5 Å². The fourth-order valence-electron chi connectivity index (χ4n) is 2.81. The second-order valence-corrected chi connectivity index (χ2v) is 6.08. The average Bonchev–Trinajstić information content (AvgIpc) is 3.05. The van der Waals surface area contributed by atoms with E-state index in [2.05, 4.69) is 0 Å². The Morgan fingerprint density at radius 2 is 2.04 bits per heavy atom. The van der Waals surface area contributed by atoms with Gasteiger partial charge in [-0.15, -0.1) is 0 Å². The van der Waals surface area contributed by atoms with Gasteiger partial charge in [0.2, 0.25) is 0 Å². The zero-order valence-electron chi connectivity index (χ0n) is 14.2.